The van der Waals surface area contributed by atoms with Gasteiger partial charge in [0.05, 0.1) is 29.8 Å². The van der Waals surface area contributed by atoms with Gasteiger partial charge < -0.3 is 15.2 Å². The maximum absolute atomic E-state index is 13.1. The molecule has 10 heteroatoms. The lowest BCUT2D eigenvalue weighted by atomic mass is 10.0. The van der Waals surface area contributed by atoms with Crippen LogP contribution in [0, 0.1) is 0 Å². The molecule has 3 aromatic heterocycles. The molecule has 164 valence electrons. The van der Waals surface area contributed by atoms with Crippen molar-refractivity contribution in [1.29, 1.82) is 0 Å². The molecule has 1 fully saturated rings. The van der Waals surface area contributed by atoms with Crippen LogP contribution < -0.4 is 5.73 Å². The summed E-state index contributed by atoms with van der Waals surface area (Å²) in [4.78, 5) is 30.3. The predicted molar refractivity (Wildman–Crippen MR) is 120 cm³/mol. The number of imidazole rings is 1. The fraction of sp³-hybridized carbons (Fsp3) is 0.364. The number of aromatic nitrogens is 7. The molecule has 4 aromatic rings. The summed E-state index contributed by atoms with van der Waals surface area (Å²) in [6.07, 6.45) is 8.33. The number of carbonyl (C=O) groups excluding carboxylic acids is 1. The Morgan fingerprint density at radius 2 is 2.00 bits per heavy atom. The minimum Gasteiger partial charge on any atom is -0.382 e. The Labute approximate surface area is 185 Å². The topological polar surface area (TPSA) is 121 Å². The van der Waals surface area contributed by atoms with Gasteiger partial charge in [0.1, 0.15) is 11.4 Å². The Kier molecular flexibility index (Phi) is 5.14. The van der Waals surface area contributed by atoms with E-state index >= 15 is 0 Å². The van der Waals surface area contributed by atoms with Crippen molar-refractivity contribution in [1.82, 2.24) is 39.4 Å². The molecule has 1 saturated heterocycles. The van der Waals surface area contributed by atoms with Crippen LogP contribution in [0.15, 0.2) is 36.9 Å². The minimum absolute atomic E-state index is 0.0902. The average molecular weight is 432 g/mol. The molecule has 5 rings (SSSR count). The second-order valence-electron chi connectivity index (χ2n) is 8.25. The molecule has 1 aliphatic heterocycles. The molecule has 1 aromatic carbocycles. The van der Waals surface area contributed by atoms with Gasteiger partial charge in [0.15, 0.2) is 11.6 Å². The van der Waals surface area contributed by atoms with E-state index in [0.717, 1.165) is 36.0 Å². The van der Waals surface area contributed by atoms with Crippen LogP contribution in [0.4, 0.5) is 5.82 Å². The molecule has 32 heavy (non-hydrogen) atoms. The lowest BCUT2D eigenvalue weighted by Gasteiger charge is -2.18. The van der Waals surface area contributed by atoms with E-state index in [-0.39, 0.29) is 17.3 Å². The zero-order chi connectivity index (χ0) is 22.2. The van der Waals surface area contributed by atoms with E-state index < -0.39 is 0 Å². The first-order valence-electron chi connectivity index (χ1n) is 10.7. The van der Waals surface area contributed by atoms with Gasteiger partial charge in [0.25, 0.3) is 0 Å². The van der Waals surface area contributed by atoms with E-state index in [9.17, 15) is 4.79 Å². The van der Waals surface area contributed by atoms with E-state index in [1.54, 1.807) is 18.7 Å². The molecule has 0 saturated carbocycles. The number of aryl methyl sites for hydroxylation is 1. The Hall–Kier alpha value is -3.66. The molecule has 0 bridgehead atoms. The standard InChI is InChI=1S/C22H25N9O/c1-29-11-3-4-15(29)6-8-18(32)20-21(23)28-22(31-25-9-10-26-31)19(27-20)14-5-7-16-17(12-14)30(2)13-24-16/h5,7,9-10,12-13,15H,3-4,6,8,11H2,1-2H3,(H2,23,28). The summed E-state index contributed by atoms with van der Waals surface area (Å²) in [5.74, 6) is 0.367. The number of nitrogen functional groups attached to an aromatic ring is 1. The molecular weight excluding hydrogens is 406 g/mol. The SMILES string of the molecule is CN1CCCC1CCC(=O)c1nc(-c2ccc3ncn(C)c3c2)c(-n2nccn2)nc1N. The number of carbonyl (C=O) groups is 1. The highest BCUT2D eigenvalue weighted by Crippen LogP contribution is 2.29. The summed E-state index contributed by atoms with van der Waals surface area (Å²) in [6, 6.07) is 6.22. The third-order valence-electron chi connectivity index (χ3n) is 6.15. The average Bonchev–Trinajstić information content (AvgIpc) is 3.54. The van der Waals surface area contributed by atoms with E-state index in [1.165, 1.54) is 11.2 Å². The molecule has 0 aliphatic carbocycles. The monoisotopic (exact) mass is 431 g/mol. The van der Waals surface area contributed by atoms with Crippen molar-refractivity contribution in [3.8, 4) is 17.1 Å². The summed E-state index contributed by atoms with van der Waals surface area (Å²) in [7, 11) is 4.04. The van der Waals surface area contributed by atoms with Gasteiger partial charge in [-0.1, -0.05) is 6.07 Å². The van der Waals surface area contributed by atoms with E-state index in [4.69, 9.17) is 10.7 Å². The summed E-state index contributed by atoms with van der Waals surface area (Å²) in [6.45, 7) is 1.08. The number of rotatable bonds is 6. The van der Waals surface area contributed by atoms with Crippen LogP contribution in [0.5, 0.6) is 0 Å². The van der Waals surface area contributed by atoms with E-state index in [1.807, 2.05) is 29.8 Å². The number of ketones is 1. The number of nitrogens with zero attached hydrogens (tertiary/aromatic N) is 8. The van der Waals surface area contributed by atoms with Crippen LogP contribution in [0.3, 0.4) is 0 Å². The number of nitrogens with two attached hydrogens (primary N) is 1. The van der Waals surface area contributed by atoms with Crippen LogP contribution in [0.25, 0.3) is 28.1 Å². The second-order valence-corrected chi connectivity index (χ2v) is 8.25. The largest absolute Gasteiger partial charge is 0.382 e. The summed E-state index contributed by atoms with van der Waals surface area (Å²) < 4.78 is 1.93. The van der Waals surface area contributed by atoms with Crippen molar-refractivity contribution in [3.05, 3.63) is 42.6 Å². The van der Waals surface area contributed by atoms with Crippen LogP contribution >= 0.6 is 0 Å². The van der Waals surface area contributed by atoms with Crippen molar-refractivity contribution in [2.24, 2.45) is 7.05 Å². The number of benzene rings is 1. The van der Waals surface area contributed by atoms with E-state index in [0.29, 0.717) is 24.0 Å². The smallest absolute Gasteiger partial charge is 0.202 e. The minimum atomic E-state index is -0.0989. The highest BCUT2D eigenvalue weighted by molar-refractivity contribution is 5.99. The number of hydrogen-bond acceptors (Lipinski definition) is 8. The van der Waals surface area contributed by atoms with Crippen molar-refractivity contribution >= 4 is 22.6 Å². The number of Topliss-reactive ketones (excluding diaryl/α,β-unsaturated/α-hetero) is 1. The first-order valence-corrected chi connectivity index (χ1v) is 10.7. The van der Waals surface area contributed by atoms with Crippen molar-refractivity contribution < 1.29 is 4.79 Å². The highest BCUT2D eigenvalue weighted by Gasteiger charge is 2.25. The normalized spacial score (nSPS) is 16.8. The van der Waals surface area contributed by atoms with Gasteiger partial charge in [-0.05, 0) is 45.0 Å². The molecule has 0 amide bonds. The Bertz CT molecular complexity index is 1280. The summed E-state index contributed by atoms with van der Waals surface area (Å²) in [5.41, 5.74) is 9.49. The third kappa shape index (κ3) is 3.62. The quantitative estimate of drug-likeness (QED) is 0.462. The summed E-state index contributed by atoms with van der Waals surface area (Å²) in [5, 5.41) is 8.39. The van der Waals surface area contributed by atoms with Gasteiger partial charge in [-0.2, -0.15) is 10.2 Å². The molecule has 4 heterocycles. The number of hydrogen-bond donors (Lipinski definition) is 1. The number of likely N-dealkylation sites (tertiary alicyclic amines) is 1. The molecule has 1 atom stereocenters. The molecule has 10 nitrogen and oxygen atoms in total. The fourth-order valence-corrected chi connectivity index (χ4v) is 4.34. The second kappa shape index (κ2) is 8.12. The molecule has 0 radical (unpaired) electrons. The predicted octanol–water partition coefficient (Wildman–Crippen LogP) is 2.25. The van der Waals surface area contributed by atoms with Crippen LogP contribution in [0.1, 0.15) is 36.2 Å². The molecule has 1 unspecified atom stereocenters. The van der Waals surface area contributed by atoms with Crippen molar-refractivity contribution in [2.75, 3.05) is 19.3 Å². The van der Waals surface area contributed by atoms with E-state index in [2.05, 4.69) is 32.1 Å². The van der Waals surface area contributed by atoms with Crippen molar-refractivity contribution in [3.63, 3.8) is 0 Å². The van der Waals surface area contributed by atoms with Gasteiger partial charge in [-0.25, -0.2) is 15.0 Å². The lowest BCUT2D eigenvalue weighted by molar-refractivity contribution is 0.0966. The molecule has 2 N–H and O–H groups in total. The van der Waals surface area contributed by atoms with Gasteiger partial charge in [0, 0.05) is 25.1 Å². The molecular formula is C22H25N9O. The Morgan fingerprint density at radius 1 is 1.19 bits per heavy atom. The zero-order valence-electron chi connectivity index (χ0n) is 18.1. The van der Waals surface area contributed by atoms with Gasteiger partial charge in [0.2, 0.25) is 5.82 Å². The lowest BCUT2D eigenvalue weighted by Crippen LogP contribution is -2.25. The first kappa shape index (κ1) is 20.3. The number of anilines is 1. The summed E-state index contributed by atoms with van der Waals surface area (Å²) >= 11 is 0. The maximum Gasteiger partial charge on any atom is 0.202 e. The first-order chi connectivity index (χ1) is 15.5. The fourth-order valence-electron chi connectivity index (χ4n) is 4.34. The highest BCUT2D eigenvalue weighted by atomic mass is 16.1. The zero-order valence-corrected chi connectivity index (χ0v) is 18.1. The Balaban J connectivity index is 1.55. The van der Waals surface area contributed by atoms with Crippen LogP contribution in [0.2, 0.25) is 0 Å². The maximum atomic E-state index is 13.1. The van der Waals surface area contributed by atoms with Gasteiger partial charge >= 0.3 is 0 Å². The van der Waals surface area contributed by atoms with Crippen LogP contribution in [-0.4, -0.2) is 64.8 Å². The molecule has 1 aliphatic rings. The molecule has 0 spiro atoms. The number of fused-ring (bicyclic) bond motifs is 1. The van der Waals surface area contributed by atoms with Gasteiger partial charge in [-0.3, -0.25) is 4.79 Å². The Morgan fingerprint density at radius 3 is 2.75 bits per heavy atom. The van der Waals surface area contributed by atoms with Crippen LogP contribution in [-0.2, 0) is 7.05 Å². The van der Waals surface area contributed by atoms with Crippen molar-refractivity contribution in [2.45, 2.75) is 31.7 Å². The third-order valence-corrected chi connectivity index (χ3v) is 6.15. The van der Waals surface area contributed by atoms with Gasteiger partial charge in [-0.15, -0.1) is 4.80 Å².